The molecule has 2 aromatic rings. The highest BCUT2D eigenvalue weighted by Gasteiger charge is 2.34. The van der Waals surface area contributed by atoms with Crippen molar-refractivity contribution in [1.82, 2.24) is 9.80 Å². The Kier molecular flexibility index (Phi) is 8.17. The first kappa shape index (κ1) is 22.9. The summed E-state index contributed by atoms with van der Waals surface area (Å²) in [6.07, 6.45) is 1.77. The summed E-state index contributed by atoms with van der Waals surface area (Å²) in [4.78, 5) is 41.8. The van der Waals surface area contributed by atoms with Crippen LogP contribution < -0.4 is 0 Å². The minimum Gasteiger partial charge on any atom is -0.466 e. The summed E-state index contributed by atoms with van der Waals surface area (Å²) < 4.78 is 18.2. The molecule has 0 spiro atoms. The zero-order valence-electron chi connectivity index (χ0n) is 17.6. The summed E-state index contributed by atoms with van der Waals surface area (Å²) in [5.41, 5.74) is 0.818. The van der Waals surface area contributed by atoms with Crippen LogP contribution in [0.5, 0.6) is 0 Å². The maximum atomic E-state index is 13.3. The number of hydrogen-bond donors (Lipinski definition) is 0. The predicted octanol–water partition coefficient (Wildman–Crippen LogP) is 3.75. The Morgan fingerprint density at radius 1 is 1.06 bits per heavy atom. The molecule has 0 bridgehead atoms. The van der Waals surface area contributed by atoms with Crippen molar-refractivity contribution < 1.29 is 23.5 Å². The van der Waals surface area contributed by atoms with Crippen molar-refractivity contribution >= 4 is 29.1 Å². The van der Waals surface area contributed by atoms with Gasteiger partial charge in [-0.15, -0.1) is 11.3 Å². The molecule has 31 heavy (non-hydrogen) atoms. The quantitative estimate of drug-likeness (QED) is 0.493. The molecule has 0 atom stereocenters. The van der Waals surface area contributed by atoms with Crippen molar-refractivity contribution in [2.24, 2.45) is 0 Å². The largest absolute Gasteiger partial charge is 0.466 e. The number of amides is 2. The van der Waals surface area contributed by atoms with Gasteiger partial charge in [0.15, 0.2) is 0 Å². The first-order chi connectivity index (χ1) is 15.0. The fraction of sp³-hybridized carbons (Fsp3) is 0.435. The lowest BCUT2D eigenvalue weighted by atomic mass is 10.2. The highest BCUT2D eigenvalue weighted by atomic mass is 32.1. The Hall–Kier alpha value is -2.74. The van der Waals surface area contributed by atoms with Gasteiger partial charge in [-0.3, -0.25) is 14.4 Å². The molecule has 0 saturated heterocycles. The van der Waals surface area contributed by atoms with Crippen LogP contribution in [0, 0.1) is 5.82 Å². The molecular weight excluding hydrogens is 419 g/mol. The van der Waals surface area contributed by atoms with E-state index >= 15 is 0 Å². The Bertz CT molecular complexity index is 881. The van der Waals surface area contributed by atoms with Gasteiger partial charge < -0.3 is 14.5 Å². The second-order valence-corrected chi connectivity index (χ2v) is 8.55. The predicted molar refractivity (Wildman–Crippen MR) is 116 cm³/mol. The summed E-state index contributed by atoms with van der Waals surface area (Å²) in [6.45, 7) is 2.71. The summed E-state index contributed by atoms with van der Waals surface area (Å²) >= 11 is 1.56. The van der Waals surface area contributed by atoms with Crippen molar-refractivity contribution in [3.63, 3.8) is 0 Å². The van der Waals surface area contributed by atoms with Crippen LogP contribution in [0.25, 0.3) is 0 Å². The molecule has 166 valence electrons. The van der Waals surface area contributed by atoms with E-state index in [0.717, 1.165) is 23.3 Å². The molecule has 1 heterocycles. The Morgan fingerprint density at radius 2 is 1.81 bits per heavy atom. The molecule has 8 heteroatoms. The molecular formula is C23H27FN2O4S. The van der Waals surface area contributed by atoms with Crippen LogP contribution in [-0.2, 0) is 32.2 Å². The van der Waals surface area contributed by atoms with Crippen molar-refractivity contribution in [2.75, 3.05) is 13.2 Å². The summed E-state index contributed by atoms with van der Waals surface area (Å²) in [7, 11) is 0. The van der Waals surface area contributed by atoms with Gasteiger partial charge in [0, 0.05) is 23.9 Å². The maximum Gasteiger partial charge on any atom is 0.306 e. The molecule has 0 unspecified atom stereocenters. The average Bonchev–Trinajstić information content (AvgIpc) is 3.47. The van der Waals surface area contributed by atoms with E-state index < -0.39 is 5.97 Å². The van der Waals surface area contributed by atoms with E-state index in [-0.39, 0.29) is 49.7 Å². The summed E-state index contributed by atoms with van der Waals surface area (Å²) in [5, 5.41) is 1.95. The van der Waals surface area contributed by atoms with E-state index in [2.05, 4.69) is 0 Å². The molecule has 1 aliphatic carbocycles. The maximum absolute atomic E-state index is 13.3. The molecule has 2 amide bonds. The third-order valence-electron chi connectivity index (χ3n) is 5.03. The van der Waals surface area contributed by atoms with Gasteiger partial charge in [-0.2, -0.15) is 0 Å². The molecule has 1 fully saturated rings. The fourth-order valence-corrected chi connectivity index (χ4v) is 3.99. The first-order valence-corrected chi connectivity index (χ1v) is 11.3. The van der Waals surface area contributed by atoms with Gasteiger partial charge in [-0.1, -0.05) is 18.2 Å². The monoisotopic (exact) mass is 446 g/mol. The van der Waals surface area contributed by atoms with Crippen molar-refractivity contribution in [3.8, 4) is 0 Å². The minimum absolute atomic E-state index is 0.0125. The average molecular weight is 447 g/mol. The van der Waals surface area contributed by atoms with E-state index in [1.54, 1.807) is 40.2 Å². The normalized spacial score (nSPS) is 13.0. The van der Waals surface area contributed by atoms with E-state index in [1.165, 1.54) is 12.1 Å². The van der Waals surface area contributed by atoms with E-state index in [0.29, 0.717) is 13.1 Å². The second-order valence-electron chi connectivity index (χ2n) is 7.51. The summed E-state index contributed by atoms with van der Waals surface area (Å²) in [6, 6.07) is 10.00. The molecule has 1 aromatic heterocycles. The zero-order chi connectivity index (χ0) is 22.2. The number of halogens is 1. The Balaban J connectivity index is 1.67. The number of carbonyl (C=O) groups is 3. The Morgan fingerprint density at radius 3 is 2.42 bits per heavy atom. The molecule has 6 nitrogen and oxygen atoms in total. The van der Waals surface area contributed by atoms with Crippen LogP contribution >= 0.6 is 11.3 Å². The van der Waals surface area contributed by atoms with E-state index in [9.17, 15) is 18.8 Å². The van der Waals surface area contributed by atoms with Gasteiger partial charge in [-0.25, -0.2) is 4.39 Å². The van der Waals surface area contributed by atoms with Crippen molar-refractivity contribution in [1.29, 1.82) is 0 Å². The van der Waals surface area contributed by atoms with Crippen molar-refractivity contribution in [3.05, 3.63) is 58.0 Å². The summed E-state index contributed by atoms with van der Waals surface area (Å²) in [5.74, 6) is -1.11. The number of carbonyl (C=O) groups excluding carboxylic acids is 3. The number of nitrogens with zero attached hydrogens (tertiary/aromatic N) is 2. The van der Waals surface area contributed by atoms with Gasteiger partial charge in [0.1, 0.15) is 12.4 Å². The van der Waals surface area contributed by atoms with Crippen LogP contribution in [0.15, 0.2) is 41.8 Å². The molecule has 1 aliphatic rings. The molecule has 0 aliphatic heterocycles. The van der Waals surface area contributed by atoms with Gasteiger partial charge in [0.25, 0.3) is 0 Å². The molecule has 0 N–H and O–H groups in total. The fourth-order valence-electron chi connectivity index (χ4n) is 3.27. The molecule has 1 saturated carbocycles. The highest BCUT2D eigenvalue weighted by molar-refractivity contribution is 7.09. The van der Waals surface area contributed by atoms with Gasteiger partial charge in [0.2, 0.25) is 11.8 Å². The lowest BCUT2D eigenvalue weighted by Crippen LogP contribution is -2.43. The van der Waals surface area contributed by atoms with E-state index in [4.69, 9.17) is 4.74 Å². The topological polar surface area (TPSA) is 66.9 Å². The molecule has 1 aromatic carbocycles. The number of esters is 1. The van der Waals surface area contributed by atoms with Gasteiger partial charge in [-0.05, 0) is 48.9 Å². The SMILES string of the molecule is CCOC(=O)CCC(=O)N(CC(=O)N(Cc1ccc(F)cc1)Cc1cccs1)C1CC1. The number of hydrogen-bond acceptors (Lipinski definition) is 5. The van der Waals surface area contributed by atoms with E-state index in [1.807, 2.05) is 17.5 Å². The highest BCUT2D eigenvalue weighted by Crippen LogP contribution is 2.28. The number of rotatable bonds is 11. The smallest absolute Gasteiger partial charge is 0.306 e. The second kappa shape index (κ2) is 11.0. The zero-order valence-corrected chi connectivity index (χ0v) is 18.4. The third-order valence-corrected chi connectivity index (χ3v) is 5.89. The molecule has 3 rings (SSSR count). The van der Waals surface area contributed by atoms with Crippen LogP contribution in [0.3, 0.4) is 0 Å². The lowest BCUT2D eigenvalue weighted by molar-refractivity contribution is -0.146. The number of benzene rings is 1. The van der Waals surface area contributed by atoms with Gasteiger partial charge >= 0.3 is 5.97 Å². The number of ether oxygens (including phenoxy) is 1. The van der Waals surface area contributed by atoms with Crippen LogP contribution in [0.2, 0.25) is 0 Å². The minimum atomic E-state index is -0.409. The van der Waals surface area contributed by atoms with Gasteiger partial charge in [0.05, 0.1) is 19.6 Å². The van der Waals surface area contributed by atoms with Crippen LogP contribution in [-0.4, -0.2) is 46.8 Å². The third kappa shape index (κ3) is 7.17. The standard InChI is InChI=1S/C23H27FN2O4S/c1-2-30-23(29)12-11-21(27)26(19-9-10-19)16-22(28)25(15-20-4-3-13-31-20)14-17-5-7-18(24)8-6-17/h3-8,13,19H,2,9-12,14-16H2,1H3. The number of thiophene rings is 1. The first-order valence-electron chi connectivity index (χ1n) is 10.5. The Labute approximate surface area is 185 Å². The lowest BCUT2D eigenvalue weighted by Gasteiger charge is -2.27. The van der Waals surface area contributed by atoms with Crippen LogP contribution in [0.4, 0.5) is 4.39 Å². The molecule has 0 radical (unpaired) electrons. The van der Waals surface area contributed by atoms with Crippen molar-refractivity contribution in [2.45, 2.75) is 51.7 Å². The van der Waals surface area contributed by atoms with Crippen LogP contribution in [0.1, 0.15) is 43.0 Å².